The molecule has 2 saturated heterocycles. The molecule has 0 aromatic heterocycles. The average molecular weight is 559 g/mol. The second kappa shape index (κ2) is 13.3. The molecule has 218 valence electrons. The van der Waals surface area contributed by atoms with Gasteiger partial charge in [0.2, 0.25) is 0 Å². The highest BCUT2D eigenvalue weighted by Gasteiger charge is 2.26. The first-order chi connectivity index (χ1) is 19.8. The van der Waals surface area contributed by atoms with Crippen LogP contribution in [0, 0.1) is 5.82 Å². The van der Waals surface area contributed by atoms with Crippen molar-refractivity contribution < 1.29 is 13.7 Å². The van der Waals surface area contributed by atoms with Crippen molar-refractivity contribution in [2.45, 2.75) is 39.5 Å². The summed E-state index contributed by atoms with van der Waals surface area (Å²) >= 11 is 0. The summed E-state index contributed by atoms with van der Waals surface area (Å²) in [6.45, 7) is 15.2. The Morgan fingerprint density at radius 1 is 0.951 bits per heavy atom. The number of halogens is 1. The van der Waals surface area contributed by atoms with E-state index in [1.165, 1.54) is 18.2 Å². The number of amides is 1. The first-order valence-corrected chi connectivity index (χ1v) is 15.1. The van der Waals surface area contributed by atoms with Gasteiger partial charge in [-0.05, 0) is 66.4 Å². The van der Waals surface area contributed by atoms with E-state index < -0.39 is 0 Å². The molecular weight excluding hydrogens is 513 g/mol. The molecule has 2 aliphatic rings. The average Bonchev–Trinajstić information content (AvgIpc) is 2.98. The van der Waals surface area contributed by atoms with Gasteiger partial charge in [-0.25, -0.2) is 4.39 Å². The molecule has 0 unspecified atom stereocenters. The number of carbonyl (C=O) groups excluding carboxylic acids is 1. The van der Waals surface area contributed by atoms with Crippen molar-refractivity contribution in [3.05, 3.63) is 94.8 Å². The van der Waals surface area contributed by atoms with Crippen molar-refractivity contribution in [1.82, 2.24) is 20.4 Å². The highest BCUT2D eigenvalue weighted by molar-refractivity contribution is 5.94. The zero-order chi connectivity index (χ0) is 28.8. The van der Waals surface area contributed by atoms with E-state index in [0.717, 1.165) is 80.1 Å². The van der Waals surface area contributed by atoms with Crippen LogP contribution in [0.5, 0.6) is 0 Å². The fourth-order valence-electron chi connectivity index (χ4n) is 5.97. The van der Waals surface area contributed by atoms with Crippen molar-refractivity contribution in [2.75, 3.05) is 59.4 Å². The number of benzene rings is 3. The Labute approximate surface area is 244 Å². The molecule has 0 radical (unpaired) electrons. The normalized spacial score (nSPS) is 19.7. The molecule has 0 bridgehead atoms. The molecule has 2 N–H and O–H groups in total. The molecule has 0 saturated carbocycles. The number of rotatable bonds is 9. The van der Waals surface area contributed by atoms with Crippen LogP contribution >= 0.6 is 0 Å². The predicted octanol–water partition coefficient (Wildman–Crippen LogP) is 4.50. The Kier molecular flexibility index (Phi) is 9.50. The maximum atomic E-state index is 14.9. The number of hydrogen-bond donors (Lipinski definition) is 2. The van der Waals surface area contributed by atoms with Gasteiger partial charge in [-0.3, -0.25) is 14.6 Å². The van der Waals surface area contributed by atoms with Gasteiger partial charge in [0.1, 0.15) is 5.82 Å². The predicted molar refractivity (Wildman–Crippen MR) is 164 cm³/mol. The van der Waals surface area contributed by atoms with Crippen LogP contribution in [-0.2, 0) is 19.6 Å². The van der Waals surface area contributed by atoms with Crippen LogP contribution in [0.2, 0.25) is 0 Å². The number of carbonyl (C=O) groups is 1. The molecule has 0 spiro atoms. The molecule has 2 heterocycles. The summed E-state index contributed by atoms with van der Waals surface area (Å²) in [4.78, 5) is 18.0. The molecular formula is C34H45FN5O+. The third kappa shape index (κ3) is 7.80. The summed E-state index contributed by atoms with van der Waals surface area (Å²) in [6, 6.07) is 21.7. The van der Waals surface area contributed by atoms with Gasteiger partial charge in [0.15, 0.2) is 0 Å². The monoisotopic (exact) mass is 558 g/mol. The number of nitrogens with zero attached hydrogens (tertiary/aromatic N) is 3. The lowest BCUT2D eigenvalue weighted by Crippen LogP contribution is -2.56. The minimum absolute atomic E-state index is 0.112. The Balaban J connectivity index is 1.20. The minimum atomic E-state index is -0.253. The van der Waals surface area contributed by atoms with Crippen LogP contribution in [-0.4, -0.2) is 85.6 Å². The van der Waals surface area contributed by atoms with Crippen LogP contribution < -0.4 is 10.6 Å². The number of nitrogens with one attached hydrogen (secondary N) is 2. The van der Waals surface area contributed by atoms with Gasteiger partial charge in [0, 0.05) is 69.5 Å². The lowest BCUT2D eigenvalue weighted by atomic mass is 10.00. The number of piperazine rings is 2. The lowest BCUT2D eigenvalue weighted by Gasteiger charge is -2.41. The first-order valence-electron chi connectivity index (χ1n) is 15.1. The molecule has 3 aromatic carbocycles. The van der Waals surface area contributed by atoms with Gasteiger partial charge in [0.05, 0.1) is 26.7 Å². The summed E-state index contributed by atoms with van der Waals surface area (Å²) in [5.41, 5.74) is 5.29. The smallest absolute Gasteiger partial charge is 0.251 e. The quantitative estimate of drug-likeness (QED) is 0.380. The summed E-state index contributed by atoms with van der Waals surface area (Å²) in [5, 5.41) is 6.52. The van der Waals surface area contributed by atoms with Crippen LogP contribution in [0.3, 0.4) is 0 Å². The standard InChI is InChI=1S/C34H44FN5O/c1-4-40(3)17-15-38(16-18-40)24-29-8-6-10-31(20-29)34(41)37-22-27-11-12-33(35)32(21-27)30-9-5-7-28(19-30)25-39-14-13-36-26(2)23-39/h5-12,19-21,26,36H,4,13-18,22-25H2,1-3H3/p+1/t26-/m0/s1. The zero-order valence-electron chi connectivity index (χ0n) is 24.8. The van der Waals surface area contributed by atoms with Gasteiger partial charge >= 0.3 is 0 Å². The highest BCUT2D eigenvalue weighted by Crippen LogP contribution is 2.26. The number of hydrogen-bond acceptors (Lipinski definition) is 4. The van der Waals surface area contributed by atoms with Gasteiger partial charge in [0.25, 0.3) is 5.91 Å². The van der Waals surface area contributed by atoms with Crippen LogP contribution in [0.1, 0.15) is 40.9 Å². The molecule has 0 aliphatic carbocycles. The van der Waals surface area contributed by atoms with E-state index in [1.54, 1.807) is 6.07 Å². The van der Waals surface area contributed by atoms with E-state index in [9.17, 15) is 9.18 Å². The van der Waals surface area contributed by atoms with E-state index >= 15 is 0 Å². The number of likely N-dealkylation sites (N-methyl/N-ethyl adjacent to an activating group) is 1. The molecule has 7 heteroatoms. The molecule has 41 heavy (non-hydrogen) atoms. The molecule has 3 aromatic rings. The largest absolute Gasteiger partial charge is 0.348 e. The molecule has 2 fully saturated rings. The van der Waals surface area contributed by atoms with Gasteiger partial charge in [-0.15, -0.1) is 0 Å². The van der Waals surface area contributed by atoms with Gasteiger partial charge < -0.3 is 15.1 Å². The van der Waals surface area contributed by atoms with Crippen molar-refractivity contribution in [1.29, 1.82) is 0 Å². The SMILES string of the molecule is CC[N+]1(C)CCN(Cc2cccc(C(=O)NCc3ccc(F)c(-c4cccc(CN5CCN[C@@H](C)C5)c4)c3)c2)CC1. The Morgan fingerprint density at radius 2 is 1.68 bits per heavy atom. The summed E-state index contributed by atoms with van der Waals surface area (Å²) < 4.78 is 16.1. The van der Waals surface area contributed by atoms with Crippen molar-refractivity contribution in [3.63, 3.8) is 0 Å². The Hall–Kier alpha value is -3.10. The molecule has 1 amide bonds. The zero-order valence-corrected chi connectivity index (χ0v) is 24.8. The Bertz CT molecular complexity index is 1340. The maximum absolute atomic E-state index is 14.9. The van der Waals surface area contributed by atoms with E-state index in [4.69, 9.17) is 0 Å². The third-order valence-corrected chi connectivity index (χ3v) is 8.85. The first kappa shape index (κ1) is 29.4. The summed E-state index contributed by atoms with van der Waals surface area (Å²) in [5.74, 6) is -0.365. The van der Waals surface area contributed by atoms with Crippen molar-refractivity contribution in [2.24, 2.45) is 0 Å². The minimum Gasteiger partial charge on any atom is -0.348 e. The van der Waals surface area contributed by atoms with Gasteiger partial charge in [-0.2, -0.15) is 0 Å². The topological polar surface area (TPSA) is 47.6 Å². The lowest BCUT2D eigenvalue weighted by molar-refractivity contribution is -0.912. The maximum Gasteiger partial charge on any atom is 0.251 e. The van der Waals surface area contributed by atoms with Crippen molar-refractivity contribution >= 4 is 5.91 Å². The summed E-state index contributed by atoms with van der Waals surface area (Å²) in [7, 11) is 2.33. The molecule has 5 rings (SSSR count). The van der Waals surface area contributed by atoms with Crippen LogP contribution in [0.4, 0.5) is 4.39 Å². The van der Waals surface area contributed by atoms with Crippen LogP contribution in [0.25, 0.3) is 11.1 Å². The fourth-order valence-corrected chi connectivity index (χ4v) is 5.97. The Morgan fingerprint density at radius 3 is 2.44 bits per heavy atom. The van der Waals surface area contributed by atoms with Crippen LogP contribution in [0.15, 0.2) is 66.7 Å². The molecule has 1 atom stereocenters. The second-order valence-corrected chi connectivity index (χ2v) is 12.1. The van der Waals surface area contributed by atoms with E-state index in [1.807, 2.05) is 36.4 Å². The fraction of sp³-hybridized carbons (Fsp3) is 0.441. The van der Waals surface area contributed by atoms with Crippen molar-refractivity contribution in [3.8, 4) is 11.1 Å². The summed E-state index contributed by atoms with van der Waals surface area (Å²) in [6.07, 6.45) is 0. The second-order valence-electron chi connectivity index (χ2n) is 12.1. The number of quaternary nitrogens is 1. The van der Waals surface area contributed by atoms with E-state index in [0.29, 0.717) is 23.7 Å². The molecule has 6 nitrogen and oxygen atoms in total. The molecule has 2 aliphatic heterocycles. The van der Waals surface area contributed by atoms with E-state index in [2.05, 4.69) is 59.5 Å². The third-order valence-electron chi connectivity index (χ3n) is 8.85. The van der Waals surface area contributed by atoms with Gasteiger partial charge in [-0.1, -0.05) is 36.4 Å². The van der Waals surface area contributed by atoms with E-state index in [-0.39, 0.29) is 11.7 Å². The highest BCUT2D eigenvalue weighted by atomic mass is 19.1.